The number of aliphatic hydroxyl groups is 1. The molecule has 1 aliphatic heterocycles. The number of benzene rings is 2. The Bertz CT molecular complexity index is 1240. The zero-order valence-electron chi connectivity index (χ0n) is 24.0. The molecular formula is C29H37F3N4O6. The second-order valence-electron chi connectivity index (χ2n) is 10.4. The van der Waals surface area contributed by atoms with Gasteiger partial charge < -0.3 is 35.0 Å². The highest BCUT2D eigenvalue weighted by Gasteiger charge is 2.32. The van der Waals surface area contributed by atoms with Gasteiger partial charge in [0.2, 0.25) is 11.8 Å². The third-order valence-electron chi connectivity index (χ3n) is 6.98. The summed E-state index contributed by atoms with van der Waals surface area (Å²) >= 11 is 0. The molecule has 2 aromatic rings. The quantitative estimate of drug-likeness (QED) is 0.399. The number of aliphatic hydroxyl groups excluding tert-OH is 1. The van der Waals surface area contributed by atoms with Crippen LogP contribution in [0.1, 0.15) is 32.3 Å². The van der Waals surface area contributed by atoms with E-state index in [-0.39, 0.29) is 49.7 Å². The summed E-state index contributed by atoms with van der Waals surface area (Å²) in [6.07, 6.45) is -7.15. The van der Waals surface area contributed by atoms with Crippen LogP contribution >= 0.6 is 0 Å². The molecule has 0 radical (unpaired) electrons. The number of rotatable bonds is 9. The van der Waals surface area contributed by atoms with Crippen molar-refractivity contribution in [1.82, 2.24) is 9.80 Å². The fraction of sp³-hybridized carbons (Fsp3) is 0.483. The second kappa shape index (κ2) is 14.3. The maximum Gasteiger partial charge on any atom is 0.389 e. The van der Waals surface area contributed by atoms with E-state index in [1.54, 1.807) is 56.3 Å². The smallest absolute Gasteiger partial charge is 0.389 e. The number of ether oxygens (including phenoxy) is 2. The van der Waals surface area contributed by atoms with Gasteiger partial charge >= 0.3 is 12.2 Å². The summed E-state index contributed by atoms with van der Waals surface area (Å²) in [7, 11) is 3.16. The molecule has 42 heavy (non-hydrogen) atoms. The van der Waals surface area contributed by atoms with Crippen molar-refractivity contribution in [1.29, 1.82) is 0 Å². The van der Waals surface area contributed by atoms with Crippen molar-refractivity contribution in [2.45, 2.75) is 51.4 Å². The molecule has 0 fully saturated rings. The SMILES string of the molecule is COc1ccc(NC(=O)N(C)C[C@@H]2Oc3ccc(NC(=O)CCC(F)(F)F)cc3CC(=O)N([C@@H](C)CO)C[C@@H]2C)cc1. The Balaban J connectivity index is 1.83. The number of amides is 4. The molecular weight excluding hydrogens is 557 g/mol. The van der Waals surface area contributed by atoms with Crippen LogP contribution in [0.25, 0.3) is 0 Å². The monoisotopic (exact) mass is 594 g/mol. The van der Waals surface area contributed by atoms with Crippen LogP contribution < -0.4 is 20.1 Å². The zero-order valence-corrected chi connectivity index (χ0v) is 24.0. The molecule has 2 aromatic carbocycles. The topological polar surface area (TPSA) is 120 Å². The molecule has 4 amide bonds. The van der Waals surface area contributed by atoms with E-state index in [9.17, 15) is 32.7 Å². The minimum atomic E-state index is -4.46. The maximum absolute atomic E-state index is 13.3. The zero-order chi connectivity index (χ0) is 31.0. The molecule has 3 N–H and O–H groups in total. The van der Waals surface area contributed by atoms with Crippen LogP contribution in [0.15, 0.2) is 42.5 Å². The van der Waals surface area contributed by atoms with Crippen molar-refractivity contribution in [2.24, 2.45) is 5.92 Å². The number of nitrogens with zero attached hydrogens (tertiary/aromatic N) is 2. The number of alkyl halides is 3. The molecule has 3 rings (SSSR count). The molecule has 10 nitrogen and oxygen atoms in total. The van der Waals surface area contributed by atoms with Crippen LogP contribution in [-0.4, -0.2) is 84.9 Å². The molecule has 0 spiro atoms. The molecule has 13 heteroatoms. The van der Waals surface area contributed by atoms with E-state index in [1.807, 2.05) is 6.92 Å². The average Bonchev–Trinajstić information content (AvgIpc) is 2.99. The van der Waals surface area contributed by atoms with Gasteiger partial charge in [0.25, 0.3) is 0 Å². The molecule has 0 aromatic heterocycles. The molecule has 1 aliphatic rings. The Labute approximate surface area is 242 Å². The third kappa shape index (κ3) is 9.26. The van der Waals surface area contributed by atoms with Crippen molar-refractivity contribution in [3.05, 3.63) is 48.0 Å². The van der Waals surface area contributed by atoms with Crippen molar-refractivity contribution >= 4 is 29.2 Å². The standard InChI is InChI=1S/C29H37F3N4O6/c1-18-15-36(19(2)17-37)27(39)14-20-13-22(33-26(38)11-12-29(30,31)32)7-10-24(20)42-25(18)16-35(3)28(40)34-21-5-8-23(41-4)9-6-21/h5-10,13,18-19,25,37H,11-12,14-17H2,1-4H3,(H,33,38)(H,34,40)/t18-,19-,25-/m0/s1. The number of carbonyl (C=O) groups excluding carboxylic acids is 3. The molecule has 0 unspecified atom stereocenters. The molecule has 0 bridgehead atoms. The molecule has 0 saturated carbocycles. The van der Waals surface area contributed by atoms with E-state index >= 15 is 0 Å². The van der Waals surface area contributed by atoms with Crippen LogP contribution in [0.4, 0.5) is 29.3 Å². The Morgan fingerprint density at radius 2 is 1.83 bits per heavy atom. The van der Waals surface area contributed by atoms with Gasteiger partial charge in [0.05, 0.1) is 39.1 Å². The lowest BCUT2D eigenvalue weighted by Gasteiger charge is -2.34. The highest BCUT2D eigenvalue weighted by atomic mass is 19.4. The van der Waals surface area contributed by atoms with E-state index in [0.29, 0.717) is 22.7 Å². The summed E-state index contributed by atoms with van der Waals surface area (Å²) < 4.78 is 49.1. The first kappa shape index (κ1) is 32.5. The molecule has 0 aliphatic carbocycles. The van der Waals surface area contributed by atoms with Crippen molar-refractivity contribution in [3.8, 4) is 11.5 Å². The summed E-state index contributed by atoms with van der Waals surface area (Å²) in [5, 5.41) is 15.1. The van der Waals surface area contributed by atoms with Gasteiger partial charge in [-0.3, -0.25) is 9.59 Å². The highest BCUT2D eigenvalue weighted by Crippen LogP contribution is 2.30. The van der Waals surface area contributed by atoms with Crippen LogP contribution in [0.2, 0.25) is 0 Å². The lowest BCUT2D eigenvalue weighted by Crippen LogP contribution is -2.48. The van der Waals surface area contributed by atoms with Crippen LogP contribution in [-0.2, 0) is 16.0 Å². The molecule has 1 heterocycles. The van der Waals surface area contributed by atoms with Gasteiger partial charge in [-0.1, -0.05) is 6.92 Å². The Hall–Kier alpha value is -4.00. The van der Waals surface area contributed by atoms with Gasteiger partial charge in [0.15, 0.2) is 0 Å². The Kier molecular flexibility index (Phi) is 11.0. The first-order chi connectivity index (χ1) is 19.8. The Morgan fingerprint density at radius 3 is 2.45 bits per heavy atom. The van der Waals surface area contributed by atoms with Gasteiger partial charge in [-0.15, -0.1) is 0 Å². The van der Waals surface area contributed by atoms with Gasteiger partial charge in [0.1, 0.15) is 17.6 Å². The first-order valence-electron chi connectivity index (χ1n) is 13.5. The number of methoxy groups -OCH3 is 1. The van der Waals surface area contributed by atoms with Crippen LogP contribution in [0.3, 0.4) is 0 Å². The van der Waals surface area contributed by atoms with Gasteiger partial charge in [0, 0.05) is 42.9 Å². The maximum atomic E-state index is 13.3. The van der Waals surface area contributed by atoms with E-state index in [1.165, 1.54) is 17.0 Å². The molecule has 230 valence electrons. The summed E-state index contributed by atoms with van der Waals surface area (Å²) in [6.45, 7) is 3.72. The van der Waals surface area contributed by atoms with Crippen molar-refractivity contribution in [3.63, 3.8) is 0 Å². The third-order valence-corrected chi connectivity index (χ3v) is 6.98. The fourth-order valence-electron chi connectivity index (χ4n) is 4.45. The van der Waals surface area contributed by atoms with Crippen molar-refractivity contribution in [2.75, 3.05) is 44.5 Å². The van der Waals surface area contributed by atoms with E-state index < -0.39 is 37.1 Å². The second-order valence-corrected chi connectivity index (χ2v) is 10.4. The predicted octanol–water partition coefficient (Wildman–Crippen LogP) is 4.29. The summed E-state index contributed by atoms with van der Waals surface area (Å²) in [4.78, 5) is 41.4. The number of halogens is 3. The first-order valence-corrected chi connectivity index (χ1v) is 13.5. The van der Waals surface area contributed by atoms with E-state index in [2.05, 4.69) is 10.6 Å². The number of nitrogens with one attached hydrogen (secondary N) is 2. The number of carbonyl (C=O) groups is 3. The average molecular weight is 595 g/mol. The summed E-state index contributed by atoms with van der Waals surface area (Å²) in [6, 6.07) is 10.5. The number of hydrogen-bond donors (Lipinski definition) is 3. The molecule has 3 atom stereocenters. The van der Waals surface area contributed by atoms with Crippen LogP contribution in [0.5, 0.6) is 11.5 Å². The van der Waals surface area contributed by atoms with Gasteiger partial charge in [-0.05, 0) is 49.4 Å². The number of hydrogen-bond acceptors (Lipinski definition) is 6. The number of fused-ring (bicyclic) bond motifs is 1. The van der Waals surface area contributed by atoms with Crippen LogP contribution in [0, 0.1) is 5.92 Å². The van der Waals surface area contributed by atoms with E-state index in [4.69, 9.17) is 9.47 Å². The lowest BCUT2D eigenvalue weighted by atomic mass is 10.0. The minimum absolute atomic E-state index is 0.126. The predicted molar refractivity (Wildman–Crippen MR) is 151 cm³/mol. The van der Waals surface area contributed by atoms with Gasteiger partial charge in [-0.2, -0.15) is 13.2 Å². The number of anilines is 2. The number of likely N-dealkylation sites (N-methyl/N-ethyl adjacent to an activating group) is 1. The Morgan fingerprint density at radius 1 is 1.17 bits per heavy atom. The van der Waals surface area contributed by atoms with Crippen molar-refractivity contribution < 1.29 is 42.1 Å². The number of urea groups is 1. The molecule has 0 saturated heterocycles. The highest BCUT2D eigenvalue weighted by molar-refractivity contribution is 5.91. The summed E-state index contributed by atoms with van der Waals surface area (Å²) in [5.74, 6) is -0.384. The normalized spacial score (nSPS) is 18.0. The minimum Gasteiger partial charge on any atom is -0.497 e. The summed E-state index contributed by atoms with van der Waals surface area (Å²) in [5.41, 5.74) is 1.20. The van der Waals surface area contributed by atoms with E-state index in [0.717, 1.165) is 0 Å². The largest absolute Gasteiger partial charge is 0.497 e. The fourth-order valence-corrected chi connectivity index (χ4v) is 4.45. The lowest BCUT2D eigenvalue weighted by molar-refractivity contribution is -0.142. The van der Waals surface area contributed by atoms with Gasteiger partial charge in [-0.25, -0.2) is 4.79 Å².